The van der Waals surface area contributed by atoms with E-state index < -0.39 is 0 Å². The van der Waals surface area contributed by atoms with Crippen molar-refractivity contribution in [3.05, 3.63) is 29.6 Å². The molecule has 0 saturated carbocycles. The lowest BCUT2D eigenvalue weighted by Gasteiger charge is -2.18. The van der Waals surface area contributed by atoms with Crippen molar-refractivity contribution in [1.82, 2.24) is 20.0 Å². The monoisotopic (exact) mass is 229 g/mol. The summed E-state index contributed by atoms with van der Waals surface area (Å²) >= 11 is 0. The molecule has 0 aromatic carbocycles. The second-order valence-electron chi connectivity index (χ2n) is 5.08. The van der Waals surface area contributed by atoms with Crippen molar-refractivity contribution in [1.29, 1.82) is 0 Å². The average Bonchev–Trinajstić information content (AvgIpc) is 2.80. The third-order valence-electron chi connectivity index (χ3n) is 3.43. The number of nitrogens with zero attached hydrogens (tertiary/aromatic N) is 4. The normalized spacial score (nSPS) is 17.1. The Kier molecular flexibility index (Phi) is 1.98. The highest BCUT2D eigenvalue weighted by Crippen LogP contribution is 2.41. The largest absolute Gasteiger partial charge is 0.383 e. The lowest BCUT2D eigenvalue weighted by atomic mass is 9.87. The standard InChI is InChI=1S/C12H15N5/c1-12(2)6-5-8-10(12)11(13)17(16-8)9-4-3-7-14-15-9/h3-4,7H,5-6,13H2,1-2H3. The zero-order valence-electron chi connectivity index (χ0n) is 10.0. The molecule has 2 aromatic rings. The van der Waals surface area contributed by atoms with Crippen molar-refractivity contribution in [2.45, 2.75) is 32.1 Å². The number of anilines is 1. The molecule has 17 heavy (non-hydrogen) atoms. The number of fused-ring (bicyclic) bond motifs is 1. The number of aromatic nitrogens is 4. The first-order chi connectivity index (χ1) is 8.09. The lowest BCUT2D eigenvalue weighted by Crippen LogP contribution is -2.15. The summed E-state index contributed by atoms with van der Waals surface area (Å²) in [4.78, 5) is 0. The molecule has 0 aliphatic heterocycles. The van der Waals surface area contributed by atoms with Gasteiger partial charge in [-0.25, -0.2) is 0 Å². The van der Waals surface area contributed by atoms with Gasteiger partial charge in [-0.05, 0) is 30.4 Å². The van der Waals surface area contributed by atoms with Crippen LogP contribution in [0.2, 0.25) is 0 Å². The molecule has 2 aromatic heterocycles. The molecule has 0 unspecified atom stereocenters. The van der Waals surface area contributed by atoms with Crippen LogP contribution in [-0.2, 0) is 11.8 Å². The van der Waals surface area contributed by atoms with Crippen molar-refractivity contribution >= 4 is 5.82 Å². The van der Waals surface area contributed by atoms with Crippen LogP contribution in [0.4, 0.5) is 5.82 Å². The van der Waals surface area contributed by atoms with E-state index in [4.69, 9.17) is 5.73 Å². The van der Waals surface area contributed by atoms with Crippen molar-refractivity contribution in [2.24, 2.45) is 0 Å². The van der Waals surface area contributed by atoms with E-state index in [1.807, 2.05) is 12.1 Å². The van der Waals surface area contributed by atoms with E-state index in [1.54, 1.807) is 10.9 Å². The van der Waals surface area contributed by atoms with E-state index in [-0.39, 0.29) is 5.41 Å². The highest BCUT2D eigenvalue weighted by Gasteiger charge is 2.36. The first-order valence-corrected chi connectivity index (χ1v) is 5.75. The van der Waals surface area contributed by atoms with Crippen LogP contribution in [0.15, 0.2) is 18.3 Å². The topological polar surface area (TPSA) is 69.6 Å². The molecule has 1 aliphatic rings. The fourth-order valence-electron chi connectivity index (χ4n) is 2.53. The van der Waals surface area contributed by atoms with Gasteiger partial charge in [-0.2, -0.15) is 14.9 Å². The van der Waals surface area contributed by atoms with E-state index in [0.29, 0.717) is 11.6 Å². The first kappa shape index (κ1) is 10.3. The van der Waals surface area contributed by atoms with Crippen molar-refractivity contribution < 1.29 is 0 Å². The molecule has 1 aliphatic carbocycles. The molecule has 0 amide bonds. The second-order valence-corrected chi connectivity index (χ2v) is 5.08. The Labute approximate surface area is 99.7 Å². The van der Waals surface area contributed by atoms with E-state index in [2.05, 4.69) is 29.1 Å². The molecule has 88 valence electrons. The molecule has 3 rings (SSSR count). The predicted molar refractivity (Wildman–Crippen MR) is 64.9 cm³/mol. The van der Waals surface area contributed by atoms with Gasteiger partial charge < -0.3 is 5.73 Å². The number of nitrogens with two attached hydrogens (primary N) is 1. The van der Waals surface area contributed by atoms with Crippen LogP contribution in [-0.4, -0.2) is 20.0 Å². The van der Waals surface area contributed by atoms with Crippen LogP contribution < -0.4 is 5.73 Å². The van der Waals surface area contributed by atoms with E-state index in [1.165, 1.54) is 5.56 Å². The van der Waals surface area contributed by atoms with Gasteiger partial charge in [0.2, 0.25) is 0 Å². The third-order valence-corrected chi connectivity index (χ3v) is 3.43. The van der Waals surface area contributed by atoms with Crippen LogP contribution in [0.25, 0.3) is 5.82 Å². The average molecular weight is 229 g/mol. The first-order valence-electron chi connectivity index (χ1n) is 5.75. The van der Waals surface area contributed by atoms with Gasteiger partial charge in [-0.15, -0.1) is 5.10 Å². The summed E-state index contributed by atoms with van der Waals surface area (Å²) in [5.41, 5.74) is 8.57. The molecule has 0 bridgehead atoms. The smallest absolute Gasteiger partial charge is 0.177 e. The van der Waals surface area contributed by atoms with Gasteiger partial charge in [0.25, 0.3) is 0 Å². The number of rotatable bonds is 1. The van der Waals surface area contributed by atoms with Crippen LogP contribution in [0.5, 0.6) is 0 Å². The maximum Gasteiger partial charge on any atom is 0.177 e. The quantitative estimate of drug-likeness (QED) is 0.803. The third kappa shape index (κ3) is 1.42. The van der Waals surface area contributed by atoms with Crippen LogP contribution in [0.1, 0.15) is 31.5 Å². The van der Waals surface area contributed by atoms with E-state index in [9.17, 15) is 0 Å². The summed E-state index contributed by atoms with van der Waals surface area (Å²) in [6, 6.07) is 3.69. The van der Waals surface area contributed by atoms with Crippen LogP contribution in [0, 0.1) is 0 Å². The molecule has 2 heterocycles. The fraction of sp³-hybridized carbons (Fsp3) is 0.417. The van der Waals surface area contributed by atoms with Gasteiger partial charge in [0.1, 0.15) is 5.82 Å². The molecule has 5 nitrogen and oxygen atoms in total. The zero-order chi connectivity index (χ0) is 12.0. The SMILES string of the molecule is CC1(C)CCc2nn(-c3cccnn3)c(N)c21. The Morgan fingerprint density at radius 2 is 2.24 bits per heavy atom. The highest BCUT2D eigenvalue weighted by molar-refractivity contribution is 5.54. The van der Waals surface area contributed by atoms with E-state index >= 15 is 0 Å². The maximum absolute atomic E-state index is 6.20. The Hall–Kier alpha value is -1.91. The van der Waals surface area contributed by atoms with Crippen molar-refractivity contribution in [3.63, 3.8) is 0 Å². The van der Waals surface area contributed by atoms with Crippen molar-refractivity contribution in [3.8, 4) is 5.82 Å². The fourth-order valence-corrected chi connectivity index (χ4v) is 2.53. The zero-order valence-corrected chi connectivity index (χ0v) is 10.0. The van der Waals surface area contributed by atoms with E-state index in [0.717, 1.165) is 18.5 Å². The molecule has 0 saturated heterocycles. The maximum atomic E-state index is 6.20. The summed E-state index contributed by atoms with van der Waals surface area (Å²) in [5, 5.41) is 12.4. The summed E-state index contributed by atoms with van der Waals surface area (Å²) in [6.45, 7) is 4.41. The molecule has 5 heteroatoms. The minimum absolute atomic E-state index is 0.111. The highest BCUT2D eigenvalue weighted by atomic mass is 15.4. The van der Waals surface area contributed by atoms with Crippen molar-refractivity contribution in [2.75, 3.05) is 5.73 Å². The van der Waals surface area contributed by atoms with Gasteiger partial charge in [0.15, 0.2) is 5.82 Å². The molecule has 0 atom stereocenters. The molecular formula is C12H15N5. The predicted octanol–water partition coefficient (Wildman–Crippen LogP) is 1.47. The molecule has 0 radical (unpaired) electrons. The van der Waals surface area contributed by atoms with Gasteiger partial charge >= 0.3 is 0 Å². The summed E-state index contributed by atoms with van der Waals surface area (Å²) in [6.07, 6.45) is 3.73. The number of nitrogen functional groups attached to an aromatic ring is 1. The summed E-state index contributed by atoms with van der Waals surface area (Å²) < 4.78 is 1.69. The Bertz CT molecular complexity index is 556. The number of hydrogen-bond acceptors (Lipinski definition) is 4. The summed E-state index contributed by atoms with van der Waals surface area (Å²) in [7, 11) is 0. The Balaban J connectivity index is 2.17. The minimum atomic E-state index is 0.111. The second kappa shape index (κ2) is 3.29. The van der Waals surface area contributed by atoms with Crippen LogP contribution in [0.3, 0.4) is 0 Å². The molecule has 0 fully saturated rings. The lowest BCUT2D eigenvalue weighted by molar-refractivity contribution is 0.519. The molecule has 0 spiro atoms. The molecular weight excluding hydrogens is 214 g/mol. The van der Waals surface area contributed by atoms with Crippen LogP contribution >= 0.6 is 0 Å². The number of hydrogen-bond donors (Lipinski definition) is 1. The Morgan fingerprint density at radius 3 is 2.88 bits per heavy atom. The minimum Gasteiger partial charge on any atom is -0.383 e. The van der Waals surface area contributed by atoms with Gasteiger partial charge in [0, 0.05) is 11.8 Å². The Morgan fingerprint density at radius 1 is 1.41 bits per heavy atom. The summed E-state index contributed by atoms with van der Waals surface area (Å²) in [5.74, 6) is 1.37. The van der Waals surface area contributed by atoms with Gasteiger partial charge in [-0.3, -0.25) is 0 Å². The van der Waals surface area contributed by atoms with Gasteiger partial charge in [-0.1, -0.05) is 13.8 Å². The van der Waals surface area contributed by atoms with Gasteiger partial charge in [0.05, 0.1) is 5.69 Å². The number of aryl methyl sites for hydroxylation is 1. The molecule has 2 N–H and O–H groups in total.